The van der Waals surface area contributed by atoms with Gasteiger partial charge >= 0.3 is 5.97 Å². The molecule has 0 saturated carbocycles. The lowest BCUT2D eigenvalue weighted by Gasteiger charge is -2.14. The van der Waals surface area contributed by atoms with Crippen molar-refractivity contribution < 1.29 is 14.3 Å². The van der Waals surface area contributed by atoms with Gasteiger partial charge in [-0.3, -0.25) is 9.78 Å². The molecule has 178 valence electrons. The first-order chi connectivity index (χ1) is 17.6. The Bertz CT molecular complexity index is 1560. The molecule has 3 heterocycles. The molecule has 0 aliphatic carbocycles. The van der Waals surface area contributed by atoms with Crippen molar-refractivity contribution in [1.29, 1.82) is 0 Å². The van der Waals surface area contributed by atoms with E-state index < -0.39 is 11.9 Å². The number of ether oxygens (including phenoxy) is 1. The molecule has 0 atom stereocenters. The predicted molar refractivity (Wildman–Crippen MR) is 138 cm³/mol. The van der Waals surface area contributed by atoms with Gasteiger partial charge in [-0.05, 0) is 37.3 Å². The van der Waals surface area contributed by atoms with Gasteiger partial charge in [-0.1, -0.05) is 42.5 Å². The van der Waals surface area contributed by atoms with Crippen molar-refractivity contribution in [3.63, 3.8) is 0 Å². The third-order valence-electron chi connectivity index (χ3n) is 5.69. The Morgan fingerprint density at radius 3 is 2.42 bits per heavy atom. The van der Waals surface area contributed by atoms with E-state index in [9.17, 15) is 9.59 Å². The smallest absolute Gasteiger partial charge is 0.360 e. The van der Waals surface area contributed by atoms with Gasteiger partial charge in [0.1, 0.15) is 11.4 Å². The molecule has 5 rings (SSSR count). The molecule has 3 aromatic heterocycles. The summed E-state index contributed by atoms with van der Waals surface area (Å²) >= 11 is 0. The van der Waals surface area contributed by atoms with Crippen molar-refractivity contribution in [1.82, 2.24) is 19.5 Å². The summed E-state index contributed by atoms with van der Waals surface area (Å²) in [5.41, 5.74) is 3.58. The molecule has 0 bridgehead atoms. The number of para-hydroxylation sites is 1. The fraction of sp³-hybridized carbons (Fsp3) is 0.107. The largest absolute Gasteiger partial charge is 0.461 e. The standard InChI is InChI=1S/C28H23N5O3/c1-3-36-28(35)25-26(32-27(34)18-11-5-4-6-12-18)31-23(24(30-25)21-14-9-10-16-29-21)20-17-33(2)22-15-8-7-13-19(20)22/h4-17H,3H2,1-2H3,(H,31,32,34). The van der Waals surface area contributed by atoms with Crippen LogP contribution in [0.2, 0.25) is 0 Å². The van der Waals surface area contributed by atoms with Crippen LogP contribution in [0.5, 0.6) is 0 Å². The van der Waals surface area contributed by atoms with Crippen molar-refractivity contribution in [3.05, 3.63) is 96.4 Å². The average Bonchev–Trinajstić information content (AvgIpc) is 3.26. The number of carbonyl (C=O) groups is 2. The molecule has 0 unspecified atom stereocenters. The van der Waals surface area contributed by atoms with Gasteiger partial charge in [-0.15, -0.1) is 0 Å². The van der Waals surface area contributed by atoms with E-state index in [4.69, 9.17) is 9.72 Å². The van der Waals surface area contributed by atoms with Crippen molar-refractivity contribution in [3.8, 4) is 22.6 Å². The van der Waals surface area contributed by atoms with Crippen LogP contribution in [0.4, 0.5) is 5.82 Å². The second-order valence-corrected chi connectivity index (χ2v) is 8.04. The molecule has 1 N–H and O–H groups in total. The molecular formula is C28H23N5O3. The number of nitrogens with zero attached hydrogens (tertiary/aromatic N) is 4. The topological polar surface area (TPSA) is 99.0 Å². The van der Waals surface area contributed by atoms with E-state index in [0.717, 1.165) is 16.5 Å². The van der Waals surface area contributed by atoms with Crippen molar-refractivity contribution in [2.75, 3.05) is 11.9 Å². The Kier molecular flexibility index (Phi) is 6.23. The summed E-state index contributed by atoms with van der Waals surface area (Å²) in [6.45, 7) is 1.86. The van der Waals surface area contributed by atoms with Crippen LogP contribution in [0.3, 0.4) is 0 Å². The zero-order chi connectivity index (χ0) is 25.1. The summed E-state index contributed by atoms with van der Waals surface area (Å²) < 4.78 is 7.25. The summed E-state index contributed by atoms with van der Waals surface area (Å²) in [7, 11) is 1.95. The van der Waals surface area contributed by atoms with Gasteiger partial charge in [0.15, 0.2) is 11.5 Å². The first-order valence-electron chi connectivity index (χ1n) is 11.5. The molecule has 5 aromatic rings. The fourth-order valence-electron chi connectivity index (χ4n) is 4.03. The monoisotopic (exact) mass is 477 g/mol. The lowest BCUT2D eigenvalue weighted by Crippen LogP contribution is -2.19. The maximum atomic E-state index is 13.0. The molecule has 0 aliphatic heterocycles. The van der Waals surface area contributed by atoms with Crippen LogP contribution < -0.4 is 5.32 Å². The first-order valence-corrected chi connectivity index (χ1v) is 11.5. The zero-order valence-electron chi connectivity index (χ0n) is 19.8. The van der Waals surface area contributed by atoms with Crippen LogP contribution in [0.1, 0.15) is 27.8 Å². The number of hydrogen-bond donors (Lipinski definition) is 1. The maximum absolute atomic E-state index is 13.0. The lowest BCUT2D eigenvalue weighted by atomic mass is 10.1. The number of pyridine rings is 1. The zero-order valence-corrected chi connectivity index (χ0v) is 19.8. The van der Waals surface area contributed by atoms with E-state index in [1.54, 1.807) is 49.5 Å². The van der Waals surface area contributed by atoms with E-state index in [1.165, 1.54) is 0 Å². The number of rotatable bonds is 6. The molecule has 1 amide bonds. The molecule has 0 radical (unpaired) electrons. The molecule has 0 spiro atoms. The van der Waals surface area contributed by atoms with Gasteiger partial charge in [0.25, 0.3) is 5.91 Å². The lowest BCUT2D eigenvalue weighted by molar-refractivity contribution is 0.0520. The minimum Gasteiger partial charge on any atom is -0.461 e. The fourth-order valence-corrected chi connectivity index (χ4v) is 4.03. The van der Waals surface area contributed by atoms with Crippen LogP contribution in [-0.2, 0) is 11.8 Å². The van der Waals surface area contributed by atoms with E-state index >= 15 is 0 Å². The number of carbonyl (C=O) groups excluding carboxylic acids is 2. The Balaban J connectivity index is 1.75. The van der Waals surface area contributed by atoms with E-state index in [0.29, 0.717) is 22.6 Å². The van der Waals surface area contributed by atoms with E-state index in [-0.39, 0.29) is 18.1 Å². The van der Waals surface area contributed by atoms with E-state index in [1.807, 2.05) is 54.2 Å². The quantitative estimate of drug-likeness (QED) is 0.341. The number of nitrogens with one attached hydrogen (secondary N) is 1. The van der Waals surface area contributed by atoms with Gasteiger partial charge in [-0.2, -0.15) is 0 Å². The predicted octanol–water partition coefficient (Wildman–Crippen LogP) is 5.13. The minimum atomic E-state index is -0.685. The number of aryl methyl sites for hydroxylation is 1. The van der Waals surface area contributed by atoms with Gasteiger partial charge in [0.2, 0.25) is 0 Å². The maximum Gasteiger partial charge on any atom is 0.360 e. The van der Waals surface area contributed by atoms with Gasteiger partial charge in [0.05, 0.1) is 12.3 Å². The number of benzene rings is 2. The number of hydrogen-bond acceptors (Lipinski definition) is 6. The van der Waals surface area contributed by atoms with Crippen molar-refractivity contribution in [2.24, 2.45) is 7.05 Å². The number of fused-ring (bicyclic) bond motifs is 1. The molecule has 36 heavy (non-hydrogen) atoms. The highest BCUT2D eigenvalue weighted by Gasteiger charge is 2.25. The number of aromatic nitrogens is 4. The van der Waals surface area contributed by atoms with Crippen molar-refractivity contribution >= 4 is 28.6 Å². The first kappa shape index (κ1) is 22.9. The summed E-state index contributed by atoms with van der Waals surface area (Å²) in [6, 6.07) is 22.1. The molecule has 2 aromatic carbocycles. The Morgan fingerprint density at radius 2 is 1.67 bits per heavy atom. The second kappa shape index (κ2) is 9.79. The molecule has 8 nitrogen and oxygen atoms in total. The summed E-state index contributed by atoms with van der Waals surface area (Å²) in [6.07, 6.45) is 3.60. The third-order valence-corrected chi connectivity index (χ3v) is 5.69. The Labute approximate surface area is 207 Å². The minimum absolute atomic E-state index is 0.0184. The third kappa shape index (κ3) is 4.32. The molecule has 0 aliphatic rings. The number of anilines is 1. The van der Waals surface area contributed by atoms with E-state index in [2.05, 4.69) is 15.3 Å². The Hall–Kier alpha value is -4.85. The van der Waals surface area contributed by atoms with Gasteiger partial charge in [0, 0.05) is 41.5 Å². The molecular weight excluding hydrogens is 454 g/mol. The summed E-state index contributed by atoms with van der Waals surface area (Å²) in [5, 5.41) is 3.72. The normalized spacial score (nSPS) is 10.8. The number of amides is 1. The van der Waals surface area contributed by atoms with Crippen LogP contribution in [0, 0.1) is 0 Å². The van der Waals surface area contributed by atoms with Gasteiger partial charge < -0.3 is 14.6 Å². The average molecular weight is 478 g/mol. The highest BCUT2D eigenvalue weighted by Crippen LogP contribution is 2.36. The number of esters is 1. The highest BCUT2D eigenvalue weighted by atomic mass is 16.5. The molecule has 0 saturated heterocycles. The summed E-state index contributed by atoms with van der Waals surface area (Å²) in [4.78, 5) is 39.9. The Morgan fingerprint density at radius 1 is 0.917 bits per heavy atom. The second-order valence-electron chi connectivity index (χ2n) is 8.04. The molecule has 8 heteroatoms. The van der Waals surface area contributed by atoms with Crippen LogP contribution in [0.25, 0.3) is 33.5 Å². The van der Waals surface area contributed by atoms with Crippen LogP contribution in [-0.4, -0.2) is 38.0 Å². The van der Waals surface area contributed by atoms with Gasteiger partial charge in [-0.25, -0.2) is 14.8 Å². The highest BCUT2D eigenvalue weighted by molar-refractivity contribution is 6.07. The van der Waals surface area contributed by atoms with Crippen LogP contribution in [0.15, 0.2) is 85.2 Å². The van der Waals surface area contributed by atoms with Crippen molar-refractivity contribution in [2.45, 2.75) is 6.92 Å². The molecule has 0 fully saturated rings. The summed E-state index contributed by atoms with van der Waals surface area (Å²) in [5.74, 6) is -1.08. The SMILES string of the molecule is CCOC(=O)c1nc(-c2ccccn2)c(-c2cn(C)c3ccccc23)nc1NC(=O)c1ccccc1. The van der Waals surface area contributed by atoms with Crippen LogP contribution >= 0.6 is 0 Å².